The minimum atomic E-state index is -2.51. The molecule has 0 bridgehead atoms. The van der Waals surface area contributed by atoms with Crippen LogP contribution in [-0.4, -0.2) is 8.07 Å². The van der Waals surface area contributed by atoms with Crippen LogP contribution in [0.25, 0.3) is 0 Å². The van der Waals surface area contributed by atoms with Crippen molar-refractivity contribution in [1.29, 1.82) is 0 Å². The second kappa shape index (κ2) is 25.1. The third-order valence-corrected chi connectivity index (χ3v) is 7.93. The average Bonchev–Trinajstić information content (AvgIpc) is 2.83. The van der Waals surface area contributed by atoms with Crippen molar-refractivity contribution in [2.75, 3.05) is 0 Å². The van der Waals surface area contributed by atoms with E-state index in [1.54, 1.807) is 0 Å². The molecule has 0 amide bonds. The van der Waals surface area contributed by atoms with Crippen molar-refractivity contribution in [1.82, 2.24) is 0 Å². The smallest absolute Gasteiger partial charge is 0.107 e. The highest BCUT2D eigenvalue weighted by molar-refractivity contribution is 7.06. The molecule has 0 atom stereocenters. The first-order valence-corrected chi connectivity index (χ1v) is 16.2. The van der Waals surface area contributed by atoms with Gasteiger partial charge in [0.25, 0.3) is 0 Å². The summed E-state index contributed by atoms with van der Waals surface area (Å²) in [6.45, 7) is 9.02. The van der Waals surface area contributed by atoms with Gasteiger partial charge in [-0.05, 0) is 25.7 Å². The van der Waals surface area contributed by atoms with Gasteiger partial charge in [-0.1, -0.05) is 127 Å². The lowest BCUT2D eigenvalue weighted by Gasteiger charge is -2.04. The van der Waals surface area contributed by atoms with Crippen LogP contribution in [0, 0.1) is 45.9 Å². The zero-order valence-corrected chi connectivity index (χ0v) is 23.6. The van der Waals surface area contributed by atoms with E-state index in [2.05, 4.69) is 73.6 Å². The van der Waals surface area contributed by atoms with Crippen molar-refractivity contribution in [2.45, 2.75) is 156 Å². The standard InChI is InChI=1S/C32H52Si/c1-5-9-13-17-21-25-29-33(30-26-22-18-14-10-6-2,31-27-23-19-15-11-7-3)32-28-24-20-16-12-8-4/h5-24H2,1-4H3. The van der Waals surface area contributed by atoms with Crippen LogP contribution >= 0.6 is 0 Å². The maximum Gasteiger partial charge on any atom is 0.369 e. The molecule has 0 heterocycles. The Morgan fingerprint density at radius 3 is 0.788 bits per heavy atom. The van der Waals surface area contributed by atoms with Crippen LogP contribution in [-0.2, 0) is 0 Å². The number of unbranched alkanes of at least 4 members (excludes halogenated alkanes) is 16. The van der Waals surface area contributed by atoms with E-state index >= 15 is 0 Å². The van der Waals surface area contributed by atoms with Crippen LogP contribution < -0.4 is 0 Å². The molecule has 0 aliphatic rings. The average molecular weight is 465 g/mol. The highest BCUT2D eigenvalue weighted by Crippen LogP contribution is 2.07. The molecule has 0 aliphatic heterocycles. The molecular formula is C32H52Si. The molecule has 0 nitrogen and oxygen atoms in total. The zero-order chi connectivity index (χ0) is 24.3. The molecule has 0 rings (SSSR count). The first kappa shape index (κ1) is 31.5. The van der Waals surface area contributed by atoms with Crippen LogP contribution in [0.3, 0.4) is 0 Å². The number of hydrogen-bond acceptors (Lipinski definition) is 0. The molecule has 0 fully saturated rings. The summed E-state index contributed by atoms with van der Waals surface area (Å²) in [5, 5.41) is 0. The summed E-state index contributed by atoms with van der Waals surface area (Å²) < 4.78 is 0. The highest BCUT2D eigenvalue weighted by Gasteiger charge is 2.25. The van der Waals surface area contributed by atoms with Crippen LogP contribution in [0.2, 0.25) is 0 Å². The van der Waals surface area contributed by atoms with E-state index in [0.29, 0.717) is 0 Å². The van der Waals surface area contributed by atoms with Gasteiger partial charge in [0.1, 0.15) is 0 Å². The zero-order valence-electron chi connectivity index (χ0n) is 22.6. The Hall–Kier alpha value is -1.54. The van der Waals surface area contributed by atoms with Gasteiger partial charge in [0.2, 0.25) is 0 Å². The summed E-state index contributed by atoms with van der Waals surface area (Å²) in [6.07, 6.45) is 24.0. The molecule has 184 valence electrons. The van der Waals surface area contributed by atoms with Gasteiger partial charge in [0, 0.05) is 25.7 Å². The predicted octanol–water partition coefficient (Wildman–Crippen LogP) is 9.49. The summed E-state index contributed by atoms with van der Waals surface area (Å²) >= 11 is 0. The summed E-state index contributed by atoms with van der Waals surface area (Å²) in [4.78, 5) is 0. The maximum atomic E-state index is 3.58. The van der Waals surface area contributed by atoms with E-state index in [1.165, 1.54) is 103 Å². The Morgan fingerprint density at radius 2 is 0.576 bits per heavy atom. The minimum absolute atomic E-state index is 0.962. The minimum Gasteiger partial charge on any atom is -0.107 e. The molecule has 0 radical (unpaired) electrons. The van der Waals surface area contributed by atoms with Crippen molar-refractivity contribution in [3.8, 4) is 45.9 Å². The van der Waals surface area contributed by atoms with E-state index in [0.717, 1.165) is 25.7 Å². The monoisotopic (exact) mass is 464 g/mol. The second-order valence-corrected chi connectivity index (χ2v) is 11.7. The van der Waals surface area contributed by atoms with Crippen molar-refractivity contribution >= 4 is 8.07 Å². The van der Waals surface area contributed by atoms with Gasteiger partial charge < -0.3 is 0 Å². The van der Waals surface area contributed by atoms with E-state index in [4.69, 9.17) is 0 Å². The van der Waals surface area contributed by atoms with Crippen molar-refractivity contribution in [2.24, 2.45) is 0 Å². The normalized spacial score (nSPS) is 10.1. The van der Waals surface area contributed by atoms with Gasteiger partial charge in [-0.15, -0.1) is 23.7 Å². The van der Waals surface area contributed by atoms with Crippen LogP contribution in [0.1, 0.15) is 156 Å². The topological polar surface area (TPSA) is 0 Å². The van der Waals surface area contributed by atoms with Crippen LogP contribution in [0.15, 0.2) is 0 Å². The summed E-state index contributed by atoms with van der Waals surface area (Å²) in [7, 11) is -2.51. The Balaban J connectivity index is 5.47. The molecule has 0 aromatic rings. The van der Waals surface area contributed by atoms with Gasteiger partial charge in [0.15, 0.2) is 0 Å². The van der Waals surface area contributed by atoms with Crippen molar-refractivity contribution in [3.63, 3.8) is 0 Å². The Labute approximate surface area is 209 Å². The van der Waals surface area contributed by atoms with E-state index in [9.17, 15) is 0 Å². The fraction of sp³-hybridized carbons (Fsp3) is 0.750. The Kier molecular flexibility index (Phi) is 23.9. The quantitative estimate of drug-likeness (QED) is 0.121. The largest absolute Gasteiger partial charge is 0.369 e. The highest BCUT2D eigenvalue weighted by atomic mass is 28.3. The summed E-state index contributed by atoms with van der Waals surface area (Å²) in [6, 6.07) is 0. The lowest BCUT2D eigenvalue weighted by atomic mass is 10.2. The van der Waals surface area contributed by atoms with Crippen molar-refractivity contribution < 1.29 is 0 Å². The predicted molar refractivity (Wildman–Crippen MR) is 152 cm³/mol. The third-order valence-electron chi connectivity index (χ3n) is 5.72. The maximum absolute atomic E-state index is 3.58. The molecule has 0 aliphatic carbocycles. The first-order chi connectivity index (χ1) is 16.2. The molecular weight excluding hydrogens is 412 g/mol. The van der Waals surface area contributed by atoms with Crippen LogP contribution in [0.4, 0.5) is 0 Å². The third kappa shape index (κ3) is 20.8. The molecule has 0 saturated carbocycles. The van der Waals surface area contributed by atoms with Gasteiger partial charge >= 0.3 is 8.07 Å². The van der Waals surface area contributed by atoms with Crippen molar-refractivity contribution in [3.05, 3.63) is 0 Å². The van der Waals surface area contributed by atoms with E-state index in [1.807, 2.05) is 0 Å². The van der Waals surface area contributed by atoms with Gasteiger partial charge in [-0.3, -0.25) is 0 Å². The summed E-state index contributed by atoms with van der Waals surface area (Å²) in [5.74, 6) is 13.9. The van der Waals surface area contributed by atoms with E-state index in [-0.39, 0.29) is 0 Å². The fourth-order valence-electron chi connectivity index (χ4n) is 3.53. The molecule has 33 heavy (non-hydrogen) atoms. The Bertz CT molecular complexity index is 560. The first-order valence-electron chi connectivity index (χ1n) is 14.2. The Morgan fingerprint density at radius 1 is 0.333 bits per heavy atom. The molecule has 0 N–H and O–H groups in total. The second-order valence-electron chi connectivity index (χ2n) is 9.20. The lowest BCUT2D eigenvalue weighted by Crippen LogP contribution is -2.29. The molecule has 0 aromatic carbocycles. The molecule has 0 aromatic heterocycles. The molecule has 0 unspecified atom stereocenters. The SMILES string of the molecule is CCCCCCC#C[Si](C#CCCCCCC)(C#CCCCCCC)C#CCCCCCC. The number of rotatable bonds is 16. The van der Waals surface area contributed by atoms with Crippen LogP contribution in [0.5, 0.6) is 0 Å². The van der Waals surface area contributed by atoms with Gasteiger partial charge in [-0.2, -0.15) is 0 Å². The van der Waals surface area contributed by atoms with E-state index < -0.39 is 8.07 Å². The van der Waals surface area contributed by atoms with Gasteiger partial charge in [-0.25, -0.2) is 0 Å². The molecule has 0 spiro atoms. The van der Waals surface area contributed by atoms with Gasteiger partial charge in [0.05, 0.1) is 0 Å². The fourth-order valence-corrected chi connectivity index (χ4v) is 5.46. The lowest BCUT2D eigenvalue weighted by molar-refractivity contribution is 0.679. The summed E-state index contributed by atoms with van der Waals surface area (Å²) in [5.41, 5.74) is 14.3. The number of hydrogen-bond donors (Lipinski definition) is 0. The molecule has 1 heteroatoms. The molecule has 0 saturated heterocycles.